The van der Waals surface area contributed by atoms with Gasteiger partial charge in [-0.3, -0.25) is 4.31 Å². The molecule has 186 valence electrons. The van der Waals surface area contributed by atoms with Crippen LogP contribution in [0, 0.1) is 5.41 Å². The molecule has 0 bridgehead atoms. The number of piperidine rings is 1. The summed E-state index contributed by atoms with van der Waals surface area (Å²) in [7, 11) is 4.02. The van der Waals surface area contributed by atoms with Crippen LogP contribution in [-0.2, 0) is 0 Å². The second kappa shape index (κ2) is 10.8. The van der Waals surface area contributed by atoms with E-state index < -0.39 is 0 Å². The maximum atomic E-state index is 4.97. The van der Waals surface area contributed by atoms with E-state index in [4.69, 9.17) is 4.99 Å². The number of hydrazine groups is 1. The third kappa shape index (κ3) is 6.18. The average Bonchev–Trinajstić information content (AvgIpc) is 3.49. The molecule has 0 aromatic heterocycles. The predicted octanol–water partition coefficient (Wildman–Crippen LogP) is 5.01. The van der Waals surface area contributed by atoms with Crippen molar-refractivity contribution < 1.29 is 0 Å². The van der Waals surface area contributed by atoms with Crippen molar-refractivity contribution in [1.82, 2.24) is 19.6 Å². The van der Waals surface area contributed by atoms with E-state index in [-0.39, 0.29) is 0 Å². The highest BCUT2D eigenvalue weighted by Gasteiger charge is 2.35. The Labute approximate surface area is 211 Å². The fraction of sp³-hybridized carbons (Fsp3) is 0.593. The van der Waals surface area contributed by atoms with Gasteiger partial charge >= 0.3 is 0 Å². The van der Waals surface area contributed by atoms with Gasteiger partial charge in [-0.15, -0.1) is 0 Å². The summed E-state index contributed by atoms with van der Waals surface area (Å²) in [5, 5.41) is 5.62. The van der Waals surface area contributed by atoms with Crippen LogP contribution in [0.2, 0.25) is 0 Å². The minimum absolute atomic E-state index is 0.327. The lowest BCUT2D eigenvalue weighted by molar-refractivity contribution is 0.198. The molecule has 3 aliphatic heterocycles. The molecule has 6 nitrogen and oxygen atoms in total. The van der Waals surface area contributed by atoms with Gasteiger partial charge in [0, 0.05) is 68.8 Å². The quantitative estimate of drug-likeness (QED) is 0.262. The van der Waals surface area contributed by atoms with Crippen LogP contribution in [0.4, 0.5) is 5.69 Å². The van der Waals surface area contributed by atoms with Crippen molar-refractivity contribution in [3.05, 3.63) is 47.2 Å². The van der Waals surface area contributed by atoms with E-state index in [1.54, 1.807) is 0 Å². The lowest BCUT2D eigenvalue weighted by atomic mass is 9.81. The highest BCUT2D eigenvalue weighted by molar-refractivity contribution is 7.77. The van der Waals surface area contributed by atoms with Gasteiger partial charge in [0.05, 0.1) is 5.70 Å². The summed E-state index contributed by atoms with van der Waals surface area (Å²) >= 11 is 4.49. The lowest BCUT2D eigenvalue weighted by Gasteiger charge is -2.37. The molecule has 34 heavy (non-hydrogen) atoms. The molecule has 2 N–H and O–H groups in total. The number of benzene rings is 1. The molecule has 0 amide bonds. The van der Waals surface area contributed by atoms with Gasteiger partial charge in [0.15, 0.2) is 0 Å². The van der Waals surface area contributed by atoms with Crippen LogP contribution in [-0.4, -0.2) is 66.4 Å². The Bertz CT molecular complexity index is 940. The first-order valence-corrected chi connectivity index (χ1v) is 13.2. The van der Waals surface area contributed by atoms with Crippen LogP contribution in [0.1, 0.15) is 58.4 Å². The number of aliphatic imine (C=N–C) groups is 1. The van der Waals surface area contributed by atoms with Gasteiger partial charge in [0.2, 0.25) is 0 Å². The summed E-state index contributed by atoms with van der Waals surface area (Å²) < 4.78 is 2.13. The molecule has 1 unspecified atom stereocenters. The SMILES string of the molecule is CCCCC1CN1/C(C)=C1\C=C(c2ccc(NCC3(C)CCN(S)CC3)cc2)N=C1NN(C)C. The van der Waals surface area contributed by atoms with Crippen LogP contribution in [0.5, 0.6) is 0 Å². The summed E-state index contributed by atoms with van der Waals surface area (Å²) in [6.07, 6.45) is 8.44. The molecule has 1 aromatic rings. The monoisotopic (exact) mass is 482 g/mol. The maximum Gasteiger partial charge on any atom is 0.150 e. The molecule has 0 aliphatic carbocycles. The van der Waals surface area contributed by atoms with E-state index in [9.17, 15) is 0 Å². The minimum atomic E-state index is 0.327. The van der Waals surface area contributed by atoms with Crippen molar-refractivity contribution in [3.8, 4) is 0 Å². The summed E-state index contributed by atoms with van der Waals surface area (Å²) in [4.78, 5) is 7.49. The molecule has 3 heterocycles. The number of allylic oxidation sites excluding steroid dienone is 1. The Morgan fingerprint density at radius 3 is 2.56 bits per heavy atom. The van der Waals surface area contributed by atoms with E-state index in [0.29, 0.717) is 11.5 Å². The third-order valence-electron chi connectivity index (χ3n) is 7.37. The van der Waals surface area contributed by atoms with Crippen LogP contribution < -0.4 is 10.7 Å². The largest absolute Gasteiger partial charge is 0.384 e. The molecule has 4 rings (SSSR count). The van der Waals surface area contributed by atoms with Gasteiger partial charge in [-0.05, 0) is 49.8 Å². The molecule has 0 radical (unpaired) electrons. The Kier molecular flexibility index (Phi) is 7.95. The van der Waals surface area contributed by atoms with Crippen LogP contribution in [0.25, 0.3) is 5.70 Å². The first-order chi connectivity index (χ1) is 16.3. The predicted molar refractivity (Wildman–Crippen MR) is 148 cm³/mol. The average molecular weight is 483 g/mol. The molecular formula is C27H42N6S. The van der Waals surface area contributed by atoms with Crippen molar-refractivity contribution in [2.24, 2.45) is 10.4 Å². The molecule has 1 atom stereocenters. The van der Waals surface area contributed by atoms with E-state index in [2.05, 4.69) is 83.9 Å². The van der Waals surface area contributed by atoms with Gasteiger partial charge in [0.1, 0.15) is 5.84 Å². The fourth-order valence-corrected chi connectivity index (χ4v) is 5.06. The minimum Gasteiger partial charge on any atom is -0.384 e. The lowest BCUT2D eigenvalue weighted by Crippen LogP contribution is -2.38. The number of hydrogen-bond donors (Lipinski definition) is 3. The number of unbranched alkanes of at least 4 members (excludes halogenated alkanes) is 1. The highest BCUT2D eigenvalue weighted by Crippen LogP contribution is 2.35. The zero-order valence-electron chi connectivity index (χ0n) is 21.6. The molecule has 1 aromatic carbocycles. The Balaban J connectivity index is 1.44. The standard InChI is InChI=1S/C27H42N6S/c1-6-7-8-23-18-33(23)20(2)24-17-25(29-26(24)30-31(4)5)21-9-11-22(12-10-21)28-19-27(3)13-15-32(34)16-14-27/h9-12,17,23,28,34H,6-8,13-16,18-19H2,1-5H3,(H,29,30)/b24-20+. The number of nitrogens with zero attached hydrogens (tertiary/aromatic N) is 4. The second-order valence-corrected chi connectivity index (χ2v) is 11.2. The molecular weight excluding hydrogens is 440 g/mol. The van der Waals surface area contributed by atoms with Crippen molar-refractivity contribution in [1.29, 1.82) is 0 Å². The molecule has 0 saturated carbocycles. The molecule has 7 heteroatoms. The van der Waals surface area contributed by atoms with E-state index in [1.165, 1.54) is 55.6 Å². The van der Waals surface area contributed by atoms with Crippen LogP contribution >= 0.6 is 12.8 Å². The normalized spacial score (nSPS) is 23.6. The Morgan fingerprint density at radius 1 is 1.21 bits per heavy atom. The number of rotatable bonds is 9. The van der Waals surface area contributed by atoms with Crippen molar-refractivity contribution in [2.45, 2.75) is 58.9 Å². The number of nitrogens with one attached hydrogen (secondary N) is 2. The number of thiol groups is 1. The summed E-state index contributed by atoms with van der Waals surface area (Å²) in [5.41, 5.74) is 9.60. The number of anilines is 1. The highest BCUT2D eigenvalue weighted by atomic mass is 32.1. The van der Waals surface area contributed by atoms with Gasteiger partial charge in [-0.25, -0.2) is 10.0 Å². The smallest absolute Gasteiger partial charge is 0.150 e. The molecule has 0 spiro atoms. The first kappa shape index (κ1) is 25.1. The van der Waals surface area contributed by atoms with Crippen LogP contribution in [0.15, 0.2) is 46.6 Å². The zero-order chi connectivity index (χ0) is 24.3. The van der Waals surface area contributed by atoms with Crippen LogP contribution in [0.3, 0.4) is 0 Å². The van der Waals surface area contributed by atoms with Gasteiger partial charge in [-0.2, -0.15) is 0 Å². The fourth-order valence-electron chi connectivity index (χ4n) is 4.86. The summed E-state index contributed by atoms with van der Waals surface area (Å²) in [6, 6.07) is 9.42. The molecule has 3 aliphatic rings. The summed E-state index contributed by atoms with van der Waals surface area (Å²) in [6.45, 7) is 11.2. The molecule has 2 fully saturated rings. The first-order valence-electron chi connectivity index (χ1n) is 12.8. The number of amidine groups is 1. The van der Waals surface area contributed by atoms with Gasteiger partial charge < -0.3 is 15.6 Å². The zero-order valence-corrected chi connectivity index (χ0v) is 22.5. The van der Waals surface area contributed by atoms with E-state index in [1.807, 2.05) is 19.1 Å². The van der Waals surface area contributed by atoms with Crippen molar-refractivity contribution >= 4 is 30.0 Å². The number of hydrogen-bond acceptors (Lipinski definition) is 7. The third-order valence-corrected chi connectivity index (χ3v) is 7.77. The topological polar surface area (TPSA) is 45.9 Å². The second-order valence-electron chi connectivity index (χ2n) is 10.6. The Hall–Kier alpha value is -1.96. The van der Waals surface area contributed by atoms with E-state index in [0.717, 1.165) is 36.7 Å². The molecule has 2 saturated heterocycles. The van der Waals surface area contributed by atoms with E-state index >= 15 is 0 Å². The maximum absolute atomic E-state index is 4.97. The van der Waals surface area contributed by atoms with Gasteiger partial charge in [0.25, 0.3) is 0 Å². The van der Waals surface area contributed by atoms with Gasteiger partial charge in [-0.1, -0.05) is 51.6 Å². The van der Waals surface area contributed by atoms with Crippen molar-refractivity contribution in [2.75, 3.05) is 45.6 Å². The van der Waals surface area contributed by atoms with Crippen molar-refractivity contribution in [3.63, 3.8) is 0 Å². The Morgan fingerprint density at radius 2 is 1.91 bits per heavy atom. The summed E-state index contributed by atoms with van der Waals surface area (Å²) in [5.74, 6) is 0.935.